The van der Waals surface area contributed by atoms with Crippen molar-refractivity contribution in [3.63, 3.8) is 0 Å². The largest absolute Gasteiger partial charge is 0.469 e. The van der Waals surface area contributed by atoms with Crippen LogP contribution >= 0.6 is 0 Å². The Kier molecular flexibility index (Phi) is 6.54. The van der Waals surface area contributed by atoms with Crippen molar-refractivity contribution in [2.24, 2.45) is 5.92 Å². The van der Waals surface area contributed by atoms with Gasteiger partial charge in [-0.05, 0) is 25.2 Å². The quantitative estimate of drug-likeness (QED) is 0.559. The molecule has 0 N–H and O–H groups in total. The summed E-state index contributed by atoms with van der Waals surface area (Å²) in [5, 5.41) is 0. The lowest BCUT2D eigenvalue weighted by molar-refractivity contribution is -0.142. The standard InChI is InChI=1S/C13H23NO4/c1-3-4-9-18-13(16)14-7-5-11(6-8-14)10-12(15)17-2/h11H,3-10H2,1-2H3. The lowest BCUT2D eigenvalue weighted by Gasteiger charge is -2.30. The molecule has 1 aliphatic heterocycles. The summed E-state index contributed by atoms with van der Waals surface area (Å²) < 4.78 is 9.80. The number of rotatable bonds is 5. The molecular formula is C13H23NO4. The molecule has 1 rings (SSSR count). The molecule has 104 valence electrons. The summed E-state index contributed by atoms with van der Waals surface area (Å²) in [5.74, 6) is 0.163. The maximum atomic E-state index is 11.7. The van der Waals surface area contributed by atoms with Crippen molar-refractivity contribution in [1.82, 2.24) is 4.90 Å². The number of esters is 1. The van der Waals surface area contributed by atoms with Crippen molar-refractivity contribution in [2.75, 3.05) is 26.8 Å². The van der Waals surface area contributed by atoms with E-state index in [4.69, 9.17) is 4.74 Å². The number of hydrogen-bond donors (Lipinski definition) is 0. The van der Waals surface area contributed by atoms with Crippen molar-refractivity contribution in [1.29, 1.82) is 0 Å². The van der Waals surface area contributed by atoms with E-state index in [1.54, 1.807) is 4.90 Å². The molecule has 1 amide bonds. The van der Waals surface area contributed by atoms with Crippen molar-refractivity contribution in [2.45, 2.75) is 39.0 Å². The number of hydrogen-bond acceptors (Lipinski definition) is 4. The lowest BCUT2D eigenvalue weighted by Crippen LogP contribution is -2.39. The van der Waals surface area contributed by atoms with Gasteiger partial charge in [-0.15, -0.1) is 0 Å². The highest BCUT2D eigenvalue weighted by Gasteiger charge is 2.25. The fraction of sp³-hybridized carbons (Fsp3) is 0.846. The van der Waals surface area contributed by atoms with E-state index in [-0.39, 0.29) is 12.1 Å². The van der Waals surface area contributed by atoms with Crippen LogP contribution < -0.4 is 0 Å². The number of piperidine rings is 1. The van der Waals surface area contributed by atoms with Gasteiger partial charge in [0.2, 0.25) is 0 Å². The Morgan fingerprint density at radius 3 is 2.50 bits per heavy atom. The van der Waals surface area contributed by atoms with E-state index in [2.05, 4.69) is 11.7 Å². The van der Waals surface area contributed by atoms with E-state index in [1.165, 1.54) is 7.11 Å². The summed E-state index contributed by atoms with van der Waals surface area (Å²) in [6.07, 6.45) is 3.85. The monoisotopic (exact) mass is 257 g/mol. The van der Waals surface area contributed by atoms with E-state index in [9.17, 15) is 9.59 Å². The Morgan fingerprint density at radius 2 is 1.94 bits per heavy atom. The van der Waals surface area contributed by atoms with Crippen LogP contribution in [0.3, 0.4) is 0 Å². The van der Waals surface area contributed by atoms with Crippen LogP contribution in [0.25, 0.3) is 0 Å². The Morgan fingerprint density at radius 1 is 1.28 bits per heavy atom. The van der Waals surface area contributed by atoms with Crippen LogP contribution in [-0.4, -0.2) is 43.8 Å². The molecule has 0 bridgehead atoms. The lowest BCUT2D eigenvalue weighted by atomic mass is 9.94. The summed E-state index contributed by atoms with van der Waals surface area (Å²) >= 11 is 0. The van der Waals surface area contributed by atoms with Crippen LogP contribution in [0.5, 0.6) is 0 Å². The van der Waals surface area contributed by atoms with Gasteiger partial charge in [-0.25, -0.2) is 4.79 Å². The van der Waals surface area contributed by atoms with Crippen LogP contribution in [0.2, 0.25) is 0 Å². The smallest absolute Gasteiger partial charge is 0.409 e. The summed E-state index contributed by atoms with van der Waals surface area (Å²) in [4.78, 5) is 24.5. The molecule has 0 aliphatic carbocycles. The maximum absolute atomic E-state index is 11.7. The van der Waals surface area contributed by atoms with Crippen LogP contribution in [-0.2, 0) is 14.3 Å². The van der Waals surface area contributed by atoms with Crippen LogP contribution in [0.1, 0.15) is 39.0 Å². The van der Waals surface area contributed by atoms with Gasteiger partial charge in [0.15, 0.2) is 0 Å². The average Bonchev–Trinajstić information content (AvgIpc) is 2.39. The van der Waals surface area contributed by atoms with E-state index >= 15 is 0 Å². The number of carbonyl (C=O) groups is 2. The molecule has 0 saturated carbocycles. The van der Waals surface area contributed by atoms with Gasteiger partial charge in [-0.3, -0.25) is 4.79 Å². The average molecular weight is 257 g/mol. The summed E-state index contributed by atoms with van der Waals surface area (Å²) in [6, 6.07) is 0. The number of nitrogens with zero attached hydrogens (tertiary/aromatic N) is 1. The third kappa shape index (κ3) is 4.94. The number of unbranched alkanes of at least 4 members (excludes halogenated alkanes) is 1. The number of amides is 1. The molecule has 1 fully saturated rings. The second-order valence-corrected chi connectivity index (χ2v) is 4.68. The van der Waals surface area contributed by atoms with E-state index in [0.29, 0.717) is 32.0 Å². The minimum atomic E-state index is -0.222. The minimum absolute atomic E-state index is 0.168. The molecule has 0 aromatic rings. The van der Waals surface area contributed by atoms with Gasteiger partial charge >= 0.3 is 12.1 Å². The molecule has 1 aliphatic rings. The molecular weight excluding hydrogens is 234 g/mol. The highest BCUT2D eigenvalue weighted by Crippen LogP contribution is 2.21. The van der Waals surface area contributed by atoms with Crippen molar-refractivity contribution in [3.05, 3.63) is 0 Å². The molecule has 18 heavy (non-hydrogen) atoms. The maximum Gasteiger partial charge on any atom is 0.409 e. The Hall–Kier alpha value is -1.26. The summed E-state index contributed by atoms with van der Waals surface area (Å²) in [6.45, 7) is 3.91. The fourth-order valence-corrected chi connectivity index (χ4v) is 2.03. The van der Waals surface area contributed by atoms with E-state index in [1.807, 2.05) is 0 Å². The van der Waals surface area contributed by atoms with Gasteiger partial charge in [0.25, 0.3) is 0 Å². The van der Waals surface area contributed by atoms with Crippen LogP contribution in [0, 0.1) is 5.92 Å². The molecule has 5 nitrogen and oxygen atoms in total. The van der Waals surface area contributed by atoms with Gasteiger partial charge in [-0.2, -0.15) is 0 Å². The predicted molar refractivity (Wildman–Crippen MR) is 67.2 cm³/mol. The van der Waals surface area contributed by atoms with Gasteiger partial charge in [0.05, 0.1) is 13.7 Å². The SMILES string of the molecule is CCCCOC(=O)N1CCC(CC(=O)OC)CC1. The first-order chi connectivity index (χ1) is 8.67. The normalized spacial score (nSPS) is 16.4. The number of methoxy groups -OCH3 is 1. The molecule has 0 radical (unpaired) electrons. The second kappa shape index (κ2) is 7.95. The molecule has 0 spiro atoms. The second-order valence-electron chi connectivity index (χ2n) is 4.68. The zero-order chi connectivity index (χ0) is 13.4. The van der Waals surface area contributed by atoms with Crippen molar-refractivity contribution in [3.8, 4) is 0 Å². The van der Waals surface area contributed by atoms with Crippen LogP contribution in [0.15, 0.2) is 0 Å². The third-order valence-electron chi connectivity index (χ3n) is 3.28. The number of ether oxygens (including phenoxy) is 2. The molecule has 0 unspecified atom stereocenters. The van der Waals surface area contributed by atoms with Gasteiger partial charge < -0.3 is 14.4 Å². The highest BCUT2D eigenvalue weighted by atomic mass is 16.6. The van der Waals surface area contributed by atoms with Crippen LogP contribution in [0.4, 0.5) is 4.79 Å². The highest BCUT2D eigenvalue weighted by molar-refractivity contribution is 5.70. The van der Waals surface area contributed by atoms with Gasteiger partial charge in [-0.1, -0.05) is 13.3 Å². The number of likely N-dealkylation sites (tertiary alicyclic amines) is 1. The molecule has 1 saturated heterocycles. The van der Waals surface area contributed by atoms with E-state index in [0.717, 1.165) is 25.7 Å². The summed E-state index contributed by atoms with van der Waals surface area (Å²) in [7, 11) is 1.41. The summed E-state index contributed by atoms with van der Waals surface area (Å²) in [5.41, 5.74) is 0. The fourth-order valence-electron chi connectivity index (χ4n) is 2.03. The van der Waals surface area contributed by atoms with Gasteiger partial charge in [0, 0.05) is 19.5 Å². The topological polar surface area (TPSA) is 55.8 Å². The molecule has 5 heteroatoms. The number of carbonyl (C=O) groups excluding carboxylic acids is 2. The van der Waals surface area contributed by atoms with Crippen molar-refractivity contribution >= 4 is 12.1 Å². The predicted octanol–water partition coefficient (Wildman–Crippen LogP) is 2.20. The van der Waals surface area contributed by atoms with Crippen molar-refractivity contribution < 1.29 is 19.1 Å². The minimum Gasteiger partial charge on any atom is -0.469 e. The first kappa shape index (κ1) is 14.8. The molecule has 1 heterocycles. The molecule has 0 atom stereocenters. The van der Waals surface area contributed by atoms with Gasteiger partial charge in [0.1, 0.15) is 0 Å². The molecule has 0 aromatic carbocycles. The zero-order valence-corrected chi connectivity index (χ0v) is 11.3. The Labute approximate surface area is 108 Å². The van der Waals surface area contributed by atoms with E-state index < -0.39 is 0 Å². The Balaban J connectivity index is 2.22. The first-order valence-corrected chi connectivity index (χ1v) is 6.65. The first-order valence-electron chi connectivity index (χ1n) is 6.65. The molecule has 0 aromatic heterocycles. The third-order valence-corrected chi connectivity index (χ3v) is 3.28. The zero-order valence-electron chi connectivity index (χ0n) is 11.3. The Bertz CT molecular complexity index is 272.